The number of aliphatic hydroxyl groups is 1. The minimum atomic E-state index is -0.612. The van der Waals surface area contributed by atoms with E-state index < -0.39 is 5.60 Å². The Morgan fingerprint density at radius 1 is 1.28 bits per heavy atom. The molecule has 3 fully saturated rings. The summed E-state index contributed by atoms with van der Waals surface area (Å²) in [6, 6.07) is 0. The third-order valence-electron chi connectivity index (χ3n) is 6.37. The van der Waals surface area contributed by atoms with Gasteiger partial charge in [-0.2, -0.15) is 0 Å². The van der Waals surface area contributed by atoms with Crippen molar-refractivity contribution in [2.75, 3.05) is 6.54 Å². The summed E-state index contributed by atoms with van der Waals surface area (Å²) in [5.41, 5.74) is 5.35. The molecule has 2 aliphatic heterocycles. The second-order valence-corrected chi connectivity index (χ2v) is 6.97. The van der Waals surface area contributed by atoms with E-state index in [2.05, 4.69) is 13.8 Å². The Labute approximate surface area is 110 Å². The van der Waals surface area contributed by atoms with Gasteiger partial charge >= 0.3 is 0 Å². The van der Waals surface area contributed by atoms with E-state index in [4.69, 9.17) is 10.5 Å². The Morgan fingerprint density at radius 3 is 2.61 bits per heavy atom. The molecule has 1 saturated carbocycles. The van der Waals surface area contributed by atoms with Crippen molar-refractivity contribution in [3.63, 3.8) is 0 Å². The van der Waals surface area contributed by atoms with Gasteiger partial charge in [0.15, 0.2) is 0 Å². The molecule has 3 aliphatic rings. The molecule has 0 aromatic heterocycles. The van der Waals surface area contributed by atoms with Crippen LogP contribution in [-0.4, -0.2) is 29.5 Å². The van der Waals surface area contributed by atoms with Crippen molar-refractivity contribution >= 4 is 0 Å². The molecule has 18 heavy (non-hydrogen) atoms. The maximum atomic E-state index is 11.4. The quantitative estimate of drug-likeness (QED) is 0.792. The van der Waals surface area contributed by atoms with Crippen LogP contribution >= 0.6 is 0 Å². The Kier molecular flexibility index (Phi) is 3.00. The summed E-state index contributed by atoms with van der Waals surface area (Å²) in [5, 5.41) is 11.4. The van der Waals surface area contributed by atoms with Crippen LogP contribution in [0.25, 0.3) is 0 Å². The van der Waals surface area contributed by atoms with E-state index in [1.807, 2.05) is 0 Å². The molecule has 2 saturated heterocycles. The molecule has 1 aliphatic carbocycles. The summed E-state index contributed by atoms with van der Waals surface area (Å²) >= 11 is 0. The van der Waals surface area contributed by atoms with Crippen LogP contribution < -0.4 is 5.73 Å². The number of hydrogen-bond donors (Lipinski definition) is 2. The molecular formula is C15H27NO2. The Bertz CT molecular complexity index is 334. The molecule has 2 heterocycles. The van der Waals surface area contributed by atoms with Gasteiger partial charge in [0.2, 0.25) is 0 Å². The Morgan fingerprint density at radius 2 is 2.06 bits per heavy atom. The SMILES string of the molecule is CC1CCCC(O)(C2(CN)CC3CCC2O3)C1C. The standard InChI is InChI=1S/C15H27NO2/c1-10-4-3-7-15(17,11(10)2)14(9-16)8-12-5-6-13(14)18-12/h10-13,17H,3-9,16H2,1-2H3. The highest BCUT2D eigenvalue weighted by atomic mass is 16.5. The topological polar surface area (TPSA) is 55.5 Å². The molecule has 3 rings (SSSR count). The monoisotopic (exact) mass is 253 g/mol. The third-order valence-corrected chi connectivity index (χ3v) is 6.37. The van der Waals surface area contributed by atoms with E-state index in [0.29, 0.717) is 24.5 Å². The molecule has 3 N–H and O–H groups in total. The summed E-state index contributed by atoms with van der Waals surface area (Å²) in [6.07, 6.45) is 7.04. The molecule has 0 aromatic rings. The number of ether oxygens (including phenoxy) is 1. The van der Waals surface area contributed by atoms with Crippen LogP contribution in [0.1, 0.15) is 52.4 Å². The zero-order valence-electron chi connectivity index (χ0n) is 11.7. The predicted molar refractivity (Wildman–Crippen MR) is 71.1 cm³/mol. The normalized spacial score (nSPS) is 56.0. The van der Waals surface area contributed by atoms with E-state index in [-0.39, 0.29) is 11.5 Å². The van der Waals surface area contributed by atoms with E-state index in [1.54, 1.807) is 0 Å². The maximum absolute atomic E-state index is 11.4. The van der Waals surface area contributed by atoms with Crippen molar-refractivity contribution in [2.45, 2.75) is 70.2 Å². The van der Waals surface area contributed by atoms with Crippen molar-refractivity contribution in [1.29, 1.82) is 0 Å². The van der Waals surface area contributed by atoms with Crippen LogP contribution in [0.2, 0.25) is 0 Å². The highest BCUT2D eigenvalue weighted by Crippen LogP contribution is 2.59. The number of rotatable bonds is 2. The van der Waals surface area contributed by atoms with Crippen molar-refractivity contribution < 1.29 is 9.84 Å². The van der Waals surface area contributed by atoms with Gasteiger partial charge in [0.1, 0.15) is 0 Å². The maximum Gasteiger partial charge on any atom is 0.0769 e. The van der Waals surface area contributed by atoms with Crippen molar-refractivity contribution in [3.8, 4) is 0 Å². The van der Waals surface area contributed by atoms with E-state index in [9.17, 15) is 5.11 Å². The van der Waals surface area contributed by atoms with Gasteiger partial charge in [-0.3, -0.25) is 0 Å². The lowest BCUT2D eigenvalue weighted by Crippen LogP contribution is -2.63. The predicted octanol–water partition coefficient (Wildman–Crippen LogP) is 2.07. The lowest BCUT2D eigenvalue weighted by atomic mass is 9.53. The van der Waals surface area contributed by atoms with E-state index in [0.717, 1.165) is 32.1 Å². The van der Waals surface area contributed by atoms with Crippen LogP contribution in [0.3, 0.4) is 0 Å². The molecule has 0 spiro atoms. The first-order valence-corrected chi connectivity index (χ1v) is 7.61. The third kappa shape index (κ3) is 1.47. The first-order valence-electron chi connectivity index (χ1n) is 7.61. The molecule has 2 bridgehead atoms. The first kappa shape index (κ1) is 12.9. The zero-order chi connectivity index (χ0) is 13.0. The average Bonchev–Trinajstić information content (AvgIpc) is 2.96. The molecule has 3 nitrogen and oxygen atoms in total. The molecule has 0 amide bonds. The summed E-state index contributed by atoms with van der Waals surface area (Å²) < 4.78 is 6.04. The minimum absolute atomic E-state index is 0.177. The van der Waals surface area contributed by atoms with Crippen LogP contribution in [0.4, 0.5) is 0 Å². The highest BCUT2D eigenvalue weighted by Gasteiger charge is 2.64. The van der Waals surface area contributed by atoms with Crippen LogP contribution in [0, 0.1) is 17.3 Å². The van der Waals surface area contributed by atoms with Crippen LogP contribution in [-0.2, 0) is 4.74 Å². The summed E-state index contributed by atoms with van der Waals surface area (Å²) in [7, 11) is 0. The highest BCUT2D eigenvalue weighted by molar-refractivity contribution is 5.14. The molecule has 104 valence electrons. The van der Waals surface area contributed by atoms with Gasteiger partial charge in [-0.05, 0) is 37.5 Å². The second-order valence-electron chi connectivity index (χ2n) is 6.97. The molecule has 3 heteroatoms. The van der Waals surface area contributed by atoms with Gasteiger partial charge < -0.3 is 15.6 Å². The van der Waals surface area contributed by atoms with E-state index >= 15 is 0 Å². The Balaban J connectivity index is 1.95. The van der Waals surface area contributed by atoms with Crippen molar-refractivity contribution in [3.05, 3.63) is 0 Å². The fourth-order valence-corrected chi connectivity index (χ4v) is 4.99. The molecule has 6 atom stereocenters. The summed E-state index contributed by atoms with van der Waals surface area (Å²) in [4.78, 5) is 0. The van der Waals surface area contributed by atoms with Gasteiger partial charge in [0, 0.05) is 12.0 Å². The number of hydrogen-bond acceptors (Lipinski definition) is 3. The van der Waals surface area contributed by atoms with Crippen LogP contribution in [0.15, 0.2) is 0 Å². The summed E-state index contributed by atoms with van der Waals surface area (Å²) in [5.74, 6) is 0.920. The van der Waals surface area contributed by atoms with Gasteiger partial charge in [0.05, 0.1) is 17.8 Å². The largest absolute Gasteiger partial charge is 0.389 e. The van der Waals surface area contributed by atoms with Crippen molar-refractivity contribution in [1.82, 2.24) is 0 Å². The van der Waals surface area contributed by atoms with Gasteiger partial charge in [-0.1, -0.05) is 26.7 Å². The summed E-state index contributed by atoms with van der Waals surface area (Å²) in [6.45, 7) is 5.06. The van der Waals surface area contributed by atoms with Crippen LogP contribution in [0.5, 0.6) is 0 Å². The smallest absolute Gasteiger partial charge is 0.0769 e. The minimum Gasteiger partial charge on any atom is -0.389 e. The lowest BCUT2D eigenvalue weighted by molar-refractivity contribution is -0.172. The van der Waals surface area contributed by atoms with E-state index in [1.165, 1.54) is 6.42 Å². The first-order chi connectivity index (χ1) is 8.53. The van der Waals surface area contributed by atoms with Crippen molar-refractivity contribution in [2.24, 2.45) is 23.0 Å². The van der Waals surface area contributed by atoms with Gasteiger partial charge in [-0.25, -0.2) is 0 Å². The van der Waals surface area contributed by atoms with Gasteiger partial charge in [0.25, 0.3) is 0 Å². The molecular weight excluding hydrogens is 226 g/mol. The average molecular weight is 253 g/mol. The number of nitrogens with two attached hydrogens (primary N) is 1. The fourth-order valence-electron chi connectivity index (χ4n) is 4.99. The van der Waals surface area contributed by atoms with Gasteiger partial charge in [-0.15, -0.1) is 0 Å². The second kappa shape index (κ2) is 4.19. The fraction of sp³-hybridized carbons (Fsp3) is 1.00. The molecule has 0 aromatic carbocycles. The zero-order valence-corrected chi connectivity index (χ0v) is 11.7. The molecule has 0 radical (unpaired) electrons. The molecule has 6 unspecified atom stereocenters. The number of fused-ring (bicyclic) bond motifs is 2. The lowest BCUT2D eigenvalue weighted by Gasteiger charge is -2.55. The Hall–Kier alpha value is -0.120.